The molecule has 2 heterocycles. The molecule has 0 saturated heterocycles. The van der Waals surface area contributed by atoms with Gasteiger partial charge in [0.2, 0.25) is 0 Å². The van der Waals surface area contributed by atoms with Crippen molar-refractivity contribution in [3.63, 3.8) is 0 Å². The number of aliphatic hydroxyl groups is 1. The summed E-state index contributed by atoms with van der Waals surface area (Å²) < 4.78 is 0. The van der Waals surface area contributed by atoms with E-state index in [1.54, 1.807) is 6.20 Å². The van der Waals surface area contributed by atoms with Gasteiger partial charge < -0.3 is 20.4 Å². The van der Waals surface area contributed by atoms with Gasteiger partial charge in [-0.05, 0) is 11.6 Å². The minimum atomic E-state index is -1.24. The Morgan fingerprint density at radius 3 is 2.54 bits per heavy atom. The van der Waals surface area contributed by atoms with E-state index in [2.05, 4.69) is 10.3 Å². The summed E-state index contributed by atoms with van der Waals surface area (Å²) in [5, 5.41) is 20.7. The molecular formula is C20H19N3O5. The zero-order valence-electron chi connectivity index (χ0n) is 15.0. The van der Waals surface area contributed by atoms with Crippen molar-refractivity contribution in [3.05, 3.63) is 65.6 Å². The summed E-state index contributed by atoms with van der Waals surface area (Å²) in [7, 11) is 0. The molecule has 0 atom stereocenters. The smallest absolute Gasteiger partial charge is 0.322 e. The van der Waals surface area contributed by atoms with Crippen molar-refractivity contribution in [2.24, 2.45) is 0 Å². The zero-order chi connectivity index (χ0) is 20.1. The van der Waals surface area contributed by atoms with Gasteiger partial charge in [-0.15, -0.1) is 0 Å². The fourth-order valence-corrected chi connectivity index (χ4v) is 2.89. The number of carboxylic acids is 1. The number of aliphatic carboxylic acids is 1. The summed E-state index contributed by atoms with van der Waals surface area (Å²) in [6.45, 7) is -0.154. The quantitative estimate of drug-likeness (QED) is 0.652. The number of nitrogens with zero attached hydrogens (tertiary/aromatic N) is 2. The molecule has 2 aromatic rings. The average Bonchev–Trinajstić information content (AvgIpc) is 2.70. The van der Waals surface area contributed by atoms with E-state index in [1.165, 1.54) is 4.90 Å². The Morgan fingerprint density at radius 1 is 1.14 bits per heavy atom. The van der Waals surface area contributed by atoms with Gasteiger partial charge in [0, 0.05) is 31.3 Å². The molecule has 2 amide bonds. The molecule has 8 heteroatoms. The molecule has 8 nitrogen and oxygen atoms in total. The van der Waals surface area contributed by atoms with Gasteiger partial charge in [-0.2, -0.15) is 0 Å². The number of carbonyl (C=O) groups excluding carboxylic acids is 2. The molecule has 0 spiro atoms. The second-order valence-corrected chi connectivity index (χ2v) is 6.29. The molecule has 28 heavy (non-hydrogen) atoms. The van der Waals surface area contributed by atoms with E-state index in [0.29, 0.717) is 0 Å². The highest BCUT2D eigenvalue weighted by Gasteiger charge is 2.32. The summed E-state index contributed by atoms with van der Waals surface area (Å²) >= 11 is 0. The van der Waals surface area contributed by atoms with Crippen molar-refractivity contribution in [1.82, 2.24) is 15.2 Å². The minimum absolute atomic E-state index is 0.122. The molecular weight excluding hydrogens is 362 g/mol. The van der Waals surface area contributed by atoms with Crippen molar-refractivity contribution in [2.75, 3.05) is 13.1 Å². The largest absolute Gasteiger partial charge is 0.511 e. The first-order valence-electron chi connectivity index (χ1n) is 8.67. The van der Waals surface area contributed by atoms with Crippen LogP contribution in [-0.4, -0.2) is 51.0 Å². The lowest BCUT2D eigenvalue weighted by atomic mass is 10.0. The number of benzene rings is 1. The van der Waals surface area contributed by atoms with Crippen molar-refractivity contribution >= 4 is 17.8 Å². The molecule has 0 fully saturated rings. The predicted molar refractivity (Wildman–Crippen MR) is 100 cm³/mol. The molecule has 1 aromatic heterocycles. The Hall–Kier alpha value is -3.68. The fraction of sp³-hybridized carbons (Fsp3) is 0.200. The Labute approximate surface area is 161 Å². The van der Waals surface area contributed by atoms with Crippen LogP contribution in [0.2, 0.25) is 0 Å². The highest BCUT2D eigenvalue weighted by Crippen LogP contribution is 2.21. The number of pyridine rings is 1. The monoisotopic (exact) mass is 381 g/mol. The van der Waals surface area contributed by atoms with E-state index < -0.39 is 29.9 Å². The Kier molecular flexibility index (Phi) is 5.69. The molecule has 0 saturated carbocycles. The van der Waals surface area contributed by atoms with E-state index in [4.69, 9.17) is 5.11 Å². The van der Waals surface area contributed by atoms with E-state index in [-0.39, 0.29) is 25.3 Å². The third-order valence-electron chi connectivity index (χ3n) is 4.30. The number of carboxylic acid groups (broad SMARTS) is 1. The van der Waals surface area contributed by atoms with Gasteiger partial charge in [0.25, 0.3) is 11.8 Å². The lowest BCUT2D eigenvalue weighted by Gasteiger charge is -2.28. The van der Waals surface area contributed by atoms with E-state index in [0.717, 1.165) is 16.8 Å². The fourth-order valence-electron chi connectivity index (χ4n) is 2.89. The molecule has 1 aliphatic heterocycles. The summed E-state index contributed by atoms with van der Waals surface area (Å²) in [6, 6.07) is 13.4. The maximum atomic E-state index is 12.6. The number of carbonyl (C=O) groups is 3. The third kappa shape index (κ3) is 4.35. The van der Waals surface area contributed by atoms with Gasteiger partial charge in [-0.3, -0.25) is 19.4 Å². The average molecular weight is 381 g/mol. The summed E-state index contributed by atoms with van der Waals surface area (Å²) in [5.74, 6) is -3.11. The summed E-state index contributed by atoms with van der Waals surface area (Å²) in [5.41, 5.74) is 2.15. The number of hydrogen-bond donors (Lipinski definition) is 3. The molecule has 0 unspecified atom stereocenters. The first kappa shape index (κ1) is 19.1. The maximum absolute atomic E-state index is 12.6. The molecule has 1 aliphatic rings. The first-order valence-corrected chi connectivity index (χ1v) is 8.67. The van der Waals surface area contributed by atoms with Crippen LogP contribution in [0.15, 0.2) is 60.0 Å². The molecule has 3 N–H and O–H groups in total. The van der Waals surface area contributed by atoms with Crippen molar-refractivity contribution < 1.29 is 24.6 Å². The van der Waals surface area contributed by atoms with Crippen LogP contribution < -0.4 is 5.32 Å². The highest BCUT2D eigenvalue weighted by molar-refractivity contribution is 6.19. The second-order valence-electron chi connectivity index (χ2n) is 6.29. The van der Waals surface area contributed by atoms with Gasteiger partial charge in [-0.25, -0.2) is 0 Å². The lowest BCUT2D eigenvalue weighted by molar-refractivity contribution is -0.138. The van der Waals surface area contributed by atoms with Gasteiger partial charge in [0.05, 0.1) is 5.69 Å². The molecule has 0 bridgehead atoms. The van der Waals surface area contributed by atoms with Crippen LogP contribution in [0, 0.1) is 0 Å². The summed E-state index contributed by atoms with van der Waals surface area (Å²) in [4.78, 5) is 41.1. The normalized spacial score (nSPS) is 14.1. The SMILES string of the molecule is O=C(O)CNC(=O)C1=C(O)CCN(Cc2ccc(-c3ccccc3)nc2)C1=O. The summed E-state index contributed by atoms with van der Waals surface area (Å²) in [6.07, 6.45) is 1.79. The van der Waals surface area contributed by atoms with Crippen molar-refractivity contribution in [2.45, 2.75) is 13.0 Å². The highest BCUT2D eigenvalue weighted by atomic mass is 16.4. The Morgan fingerprint density at radius 2 is 1.89 bits per heavy atom. The first-order chi connectivity index (χ1) is 13.5. The number of nitrogens with one attached hydrogen (secondary N) is 1. The van der Waals surface area contributed by atoms with Gasteiger partial charge >= 0.3 is 5.97 Å². The number of hydrogen-bond acceptors (Lipinski definition) is 5. The lowest BCUT2D eigenvalue weighted by Crippen LogP contribution is -2.43. The minimum Gasteiger partial charge on any atom is -0.511 e. The maximum Gasteiger partial charge on any atom is 0.322 e. The van der Waals surface area contributed by atoms with Crippen LogP contribution in [0.1, 0.15) is 12.0 Å². The van der Waals surface area contributed by atoms with Crippen LogP contribution in [-0.2, 0) is 20.9 Å². The third-order valence-corrected chi connectivity index (χ3v) is 4.30. The van der Waals surface area contributed by atoms with Crippen molar-refractivity contribution in [3.8, 4) is 11.3 Å². The van der Waals surface area contributed by atoms with Gasteiger partial charge in [0.15, 0.2) is 0 Å². The Bertz CT molecular complexity index is 923. The number of rotatable bonds is 6. The van der Waals surface area contributed by atoms with Crippen LogP contribution in [0.5, 0.6) is 0 Å². The number of amides is 2. The van der Waals surface area contributed by atoms with E-state index >= 15 is 0 Å². The van der Waals surface area contributed by atoms with Gasteiger partial charge in [-0.1, -0.05) is 36.4 Å². The molecule has 0 radical (unpaired) electrons. The van der Waals surface area contributed by atoms with Crippen LogP contribution in [0.3, 0.4) is 0 Å². The molecule has 1 aromatic carbocycles. The second kappa shape index (κ2) is 8.34. The standard InChI is InChI=1S/C20H19N3O5/c24-16-8-9-23(20(28)18(16)19(27)22-11-17(25)26)12-13-6-7-15(21-10-13)14-4-2-1-3-5-14/h1-7,10,24H,8-9,11-12H2,(H,22,27)(H,25,26). The van der Waals surface area contributed by atoms with E-state index in [9.17, 15) is 19.5 Å². The zero-order valence-corrected chi connectivity index (χ0v) is 15.0. The van der Waals surface area contributed by atoms with E-state index in [1.807, 2.05) is 42.5 Å². The van der Waals surface area contributed by atoms with Crippen molar-refractivity contribution in [1.29, 1.82) is 0 Å². The Balaban J connectivity index is 1.70. The molecule has 3 rings (SSSR count). The van der Waals surface area contributed by atoms with Crippen LogP contribution in [0.25, 0.3) is 11.3 Å². The number of aromatic nitrogens is 1. The van der Waals surface area contributed by atoms with Crippen LogP contribution >= 0.6 is 0 Å². The predicted octanol–water partition coefficient (Wildman–Crippen LogP) is 1.49. The van der Waals surface area contributed by atoms with Crippen LogP contribution in [0.4, 0.5) is 0 Å². The topological polar surface area (TPSA) is 120 Å². The number of aliphatic hydroxyl groups excluding tert-OH is 1. The molecule has 0 aliphatic carbocycles. The van der Waals surface area contributed by atoms with Gasteiger partial charge in [0.1, 0.15) is 17.9 Å². The molecule has 144 valence electrons.